The summed E-state index contributed by atoms with van der Waals surface area (Å²) in [5, 5.41) is 5.87. The van der Waals surface area contributed by atoms with Crippen LogP contribution >= 0.6 is 0 Å². The first-order valence-corrected chi connectivity index (χ1v) is 6.13. The molecule has 0 aliphatic carbocycles. The van der Waals surface area contributed by atoms with E-state index in [1.165, 1.54) is 0 Å². The molecule has 0 aliphatic heterocycles. The van der Waals surface area contributed by atoms with E-state index in [4.69, 9.17) is 0 Å². The van der Waals surface area contributed by atoms with Gasteiger partial charge in [-0.05, 0) is 43.7 Å². The van der Waals surface area contributed by atoms with Gasteiger partial charge >= 0.3 is 0 Å². The number of aryl methyl sites for hydroxylation is 1. The molecule has 19 heavy (non-hydrogen) atoms. The van der Waals surface area contributed by atoms with Crippen molar-refractivity contribution in [3.8, 4) is 0 Å². The van der Waals surface area contributed by atoms with Crippen molar-refractivity contribution < 1.29 is 4.79 Å². The van der Waals surface area contributed by atoms with Crippen LogP contribution in [0.5, 0.6) is 0 Å². The van der Waals surface area contributed by atoms with Crippen molar-refractivity contribution in [3.63, 3.8) is 0 Å². The van der Waals surface area contributed by atoms with Crippen LogP contribution in [0.15, 0.2) is 36.7 Å². The molecule has 0 spiro atoms. The first kappa shape index (κ1) is 13.0. The Hall–Kier alpha value is -2.43. The summed E-state index contributed by atoms with van der Waals surface area (Å²) in [7, 11) is 0. The lowest BCUT2D eigenvalue weighted by Crippen LogP contribution is -2.15. The van der Waals surface area contributed by atoms with Gasteiger partial charge in [-0.25, -0.2) is 4.98 Å². The maximum atomic E-state index is 12.0. The Bertz CT molecular complexity index is 583. The van der Waals surface area contributed by atoms with Gasteiger partial charge in [-0.2, -0.15) is 0 Å². The number of pyridine rings is 2. The van der Waals surface area contributed by atoms with Crippen molar-refractivity contribution >= 4 is 17.4 Å². The van der Waals surface area contributed by atoms with E-state index in [9.17, 15) is 4.79 Å². The van der Waals surface area contributed by atoms with Gasteiger partial charge in [0.05, 0.1) is 0 Å². The van der Waals surface area contributed by atoms with Gasteiger partial charge in [0.2, 0.25) is 0 Å². The first-order chi connectivity index (χ1) is 9.19. The van der Waals surface area contributed by atoms with Gasteiger partial charge < -0.3 is 10.6 Å². The topological polar surface area (TPSA) is 66.9 Å². The SMILES string of the molecule is CCNc1ccnc(C(=O)Nc2cc(C)ccn2)c1. The van der Waals surface area contributed by atoms with Crippen LogP contribution in [0.4, 0.5) is 11.5 Å². The van der Waals surface area contributed by atoms with Gasteiger partial charge in [0.15, 0.2) is 0 Å². The van der Waals surface area contributed by atoms with Crippen molar-refractivity contribution in [3.05, 3.63) is 47.9 Å². The number of hydrogen-bond acceptors (Lipinski definition) is 4. The zero-order chi connectivity index (χ0) is 13.7. The Balaban J connectivity index is 2.13. The number of hydrogen-bond donors (Lipinski definition) is 2. The largest absolute Gasteiger partial charge is 0.385 e. The third-order valence-electron chi connectivity index (χ3n) is 2.53. The highest BCUT2D eigenvalue weighted by Gasteiger charge is 2.08. The summed E-state index contributed by atoms with van der Waals surface area (Å²) in [4.78, 5) is 20.2. The summed E-state index contributed by atoms with van der Waals surface area (Å²) in [6, 6.07) is 7.23. The quantitative estimate of drug-likeness (QED) is 0.881. The van der Waals surface area contributed by atoms with Crippen LogP contribution in [0.25, 0.3) is 0 Å². The van der Waals surface area contributed by atoms with Crippen LogP contribution in [0.2, 0.25) is 0 Å². The van der Waals surface area contributed by atoms with Gasteiger partial charge in [0.25, 0.3) is 5.91 Å². The molecule has 2 heterocycles. The van der Waals surface area contributed by atoms with Gasteiger partial charge in [0, 0.05) is 24.6 Å². The Morgan fingerprint density at radius 3 is 2.74 bits per heavy atom. The second-order valence-corrected chi connectivity index (χ2v) is 4.13. The molecule has 2 N–H and O–H groups in total. The Labute approximate surface area is 112 Å². The lowest BCUT2D eigenvalue weighted by atomic mass is 10.2. The number of anilines is 2. The van der Waals surface area contributed by atoms with Crippen molar-refractivity contribution in [1.29, 1.82) is 0 Å². The number of carbonyl (C=O) groups is 1. The monoisotopic (exact) mass is 256 g/mol. The van der Waals surface area contributed by atoms with Gasteiger partial charge in [0.1, 0.15) is 11.5 Å². The predicted molar refractivity (Wildman–Crippen MR) is 75.3 cm³/mol. The normalized spacial score (nSPS) is 10.0. The van der Waals surface area contributed by atoms with E-state index < -0.39 is 0 Å². The lowest BCUT2D eigenvalue weighted by molar-refractivity contribution is 0.102. The van der Waals surface area contributed by atoms with Crippen molar-refractivity contribution in [1.82, 2.24) is 9.97 Å². The molecule has 5 heteroatoms. The third-order valence-corrected chi connectivity index (χ3v) is 2.53. The summed E-state index contributed by atoms with van der Waals surface area (Å²) in [5.74, 6) is 0.263. The number of rotatable bonds is 4. The average molecular weight is 256 g/mol. The van der Waals surface area contributed by atoms with E-state index in [-0.39, 0.29) is 5.91 Å². The number of carbonyl (C=O) groups excluding carboxylic acids is 1. The fourth-order valence-electron chi connectivity index (χ4n) is 1.65. The molecule has 0 saturated heterocycles. The summed E-state index contributed by atoms with van der Waals surface area (Å²) in [6.07, 6.45) is 3.27. The van der Waals surface area contributed by atoms with Crippen LogP contribution in [-0.4, -0.2) is 22.4 Å². The molecule has 0 atom stereocenters. The first-order valence-electron chi connectivity index (χ1n) is 6.13. The molecule has 98 valence electrons. The minimum Gasteiger partial charge on any atom is -0.385 e. The molecular formula is C14H16N4O. The lowest BCUT2D eigenvalue weighted by Gasteiger charge is -2.06. The van der Waals surface area contributed by atoms with Crippen LogP contribution < -0.4 is 10.6 Å². The van der Waals surface area contributed by atoms with Crippen LogP contribution in [-0.2, 0) is 0 Å². The van der Waals surface area contributed by atoms with E-state index in [0.717, 1.165) is 17.8 Å². The molecule has 2 aromatic heterocycles. The molecule has 0 fully saturated rings. The van der Waals surface area contributed by atoms with Crippen molar-refractivity contribution in [2.24, 2.45) is 0 Å². The molecule has 0 aromatic carbocycles. The third kappa shape index (κ3) is 3.51. The summed E-state index contributed by atoms with van der Waals surface area (Å²) in [6.45, 7) is 4.74. The molecule has 2 rings (SSSR count). The molecule has 0 radical (unpaired) electrons. The van der Waals surface area contributed by atoms with Crippen LogP contribution in [0, 0.1) is 6.92 Å². The summed E-state index contributed by atoms with van der Waals surface area (Å²) < 4.78 is 0. The minimum absolute atomic E-state index is 0.266. The van der Waals surface area contributed by atoms with E-state index in [2.05, 4.69) is 20.6 Å². The highest BCUT2D eigenvalue weighted by molar-refractivity contribution is 6.02. The highest BCUT2D eigenvalue weighted by Crippen LogP contribution is 2.10. The smallest absolute Gasteiger partial charge is 0.275 e. The zero-order valence-corrected chi connectivity index (χ0v) is 11.0. The number of amides is 1. The Kier molecular flexibility index (Phi) is 4.07. The van der Waals surface area contributed by atoms with Gasteiger partial charge in [-0.15, -0.1) is 0 Å². The molecule has 0 unspecified atom stereocenters. The molecular weight excluding hydrogens is 240 g/mol. The predicted octanol–water partition coefficient (Wildman–Crippen LogP) is 2.47. The fraction of sp³-hybridized carbons (Fsp3) is 0.214. The number of nitrogens with zero attached hydrogens (tertiary/aromatic N) is 2. The molecule has 0 aliphatic rings. The van der Waals surface area contributed by atoms with Crippen LogP contribution in [0.1, 0.15) is 23.0 Å². The molecule has 2 aromatic rings. The second-order valence-electron chi connectivity index (χ2n) is 4.13. The maximum absolute atomic E-state index is 12.0. The maximum Gasteiger partial charge on any atom is 0.275 e. The second kappa shape index (κ2) is 5.95. The average Bonchev–Trinajstić information content (AvgIpc) is 2.39. The molecule has 1 amide bonds. The number of aromatic nitrogens is 2. The van der Waals surface area contributed by atoms with Gasteiger partial charge in [-0.1, -0.05) is 0 Å². The Morgan fingerprint density at radius 1 is 1.21 bits per heavy atom. The highest BCUT2D eigenvalue weighted by atomic mass is 16.1. The van der Waals surface area contributed by atoms with Crippen molar-refractivity contribution in [2.45, 2.75) is 13.8 Å². The summed E-state index contributed by atoms with van der Waals surface area (Å²) in [5.41, 5.74) is 2.28. The van der Waals surface area contributed by atoms with E-state index in [1.54, 1.807) is 18.5 Å². The van der Waals surface area contributed by atoms with Crippen molar-refractivity contribution in [2.75, 3.05) is 17.2 Å². The van der Waals surface area contributed by atoms with Gasteiger partial charge in [-0.3, -0.25) is 9.78 Å². The zero-order valence-electron chi connectivity index (χ0n) is 11.0. The molecule has 0 saturated carbocycles. The van der Waals surface area contributed by atoms with E-state index in [1.807, 2.05) is 32.0 Å². The molecule has 0 bridgehead atoms. The van der Waals surface area contributed by atoms with E-state index >= 15 is 0 Å². The number of nitrogens with one attached hydrogen (secondary N) is 2. The molecule has 5 nitrogen and oxygen atoms in total. The van der Waals surface area contributed by atoms with Crippen LogP contribution in [0.3, 0.4) is 0 Å². The Morgan fingerprint density at radius 2 is 2.00 bits per heavy atom. The van der Waals surface area contributed by atoms with E-state index in [0.29, 0.717) is 11.5 Å². The minimum atomic E-state index is -0.266. The fourth-order valence-corrected chi connectivity index (χ4v) is 1.65. The standard InChI is InChI=1S/C14H16N4O/c1-3-15-11-5-7-16-12(9-11)14(19)18-13-8-10(2)4-6-17-13/h4-9H,3H2,1-2H3,(H,15,16)(H,17,18,19). The summed E-state index contributed by atoms with van der Waals surface area (Å²) >= 11 is 0.